The van der Waals surface area contributed by atoms with Crippen LogP contribution in [0.5, 0.6) is 0 Å². The minimum Gasteiger partial charge on any atom is -0.344 e. The molecule has 1 atom stereocenters. The average Bonchev–Trinajstić information content (AvgIpc) is 2.59. The Bertz CT molecular complexity index is 551. The number of rotatable bonds is 5. The summed E-state index contributed by atoms with van der Waals surface area (Å²) in [5, 5.41) is 3.65. The van der Waals surface area contributed by atoms with Crippen LogP contribution in [0.3, 0.4) is 0 Å². The highest BCUT2D eigenvalue weighted by molar-refractivity contribution is 6.30. The molecule has 2 amide bonds. The molecule has 5 nitrogen and oxygen atoms in total. The number of hydrogen-bond donors (Lipinski definition) is 1. The molecule has 2 rings (SSSR count). The number of benzene rings is 1. The van der Waals surface area contributed by atoms with Crippen molar-refractivity contribution in [1.29, 1.82) is 0 Å². The molecular formula is C17H25Cl2N3O2. The third-order valence-corrected chi connectivity index (χ3v) is 4.47. The summed E-state index contributed by atoms with van der Waals surface area (Å²) < 4.78 is 0. The standard InChI is InChI=1S/C17H24ClN3O2.ClH/c1-19-9-11-20(2)16(22)14-4-3-10-21(12-14)17(23)13-5-7-15(18)8-6-13;/h5-8,14,19H,3-4,9-12H2,1-2H3;1H. The van der Waals surface area contributed by atoms with Crippen LogP contribution in [-0.2, 0) is 4.79 Å². The van der Waals surface area contributed by atoms with Crippen LogP contribution < -0.4 is 5.32 Å². The lowest BCUT2D eigenvalue weighted by Crippen LogP contribution is -2.46. The molecule has 0 spiro atoms. The van der Waals surface area contributed by atoms with Crippen LogP contribution in [0.1, 0.15) is 23.2 Å². The summed E-state index contributed by atoms with van der Waals surface area (Å²) in [6.45, 7) is 2.63. The van der Waals surface area contributed by atoms with E-state index in [0.717, 1.165) is 19.4 Å². The molecule has 0 radical (unpaired) electrons. The summed E-state index contributed by atoms with van der Waals surface area (Å²) in [5.74, 6) is -0.0206. The fraction of sp³-hybridized carbons (Fsp3) is 0.529. The lowest BCUT2D eigenvalue weighted by atomic mass is 9.96. The average molecular weight is 374 g/mol. The predicted octanol–water partition coefficient (Wildman–Crippen LogP) is 2.29. The molecule has 0 bridgehead atoms. The maximum absolute atomic E-state index is 12.6. The zero-order chi connectivity index (χ0) is 16.8. The van der Waals surface area contributed by atoms with Gasteiger partial charge in [-0.25, -0.2) is 0 Å². The summed E-state index contributed by atoms with van der Waals surface area (Å²) in [6, 6.07) is 6.89. The second-order valence-corrected chi connectivity index (χ2v) is 6.40. The second kappa shape index (κ2) is 9.87. The van der Waals surface area contributed by atoms with Gasteiger partial charge >= 0.3 is 0 Å². The van der Waals surface area contributed by atoms with Crippen molar-refractivity contribution in [2.45, 2.75) is 12.8 Å². The number of likely N-dealkylation sites (N-methyl/N-ethyl adjacent to an activating group) is 2. The molecule has 1 N–H and O–H groups in total. The van der Waals surface area contributed by atoms with E-state index in [1.807, 2.05) is 14.1 Å². The van der Waals surface area contributed by atoms with Crippen molar-refractivity contribution in [3.63, 3.8) is 0 Å². The third-order valence-electron chi connectivity index (χ3n) is 4.22. The fourth-order valence-electron chi connectivity index (χ4n) is 2.84. The van der Waals surface area contributed by atoms with E-state index in [4.69, 9.17) is 11.6 Å². The summed E-state index contributed by atoms with van der Waals surface area (Å²) in [4.78, 5) is 28.6. The number of nitrogens with zero attached hydrogens (tertiary/aromatic N) is 2. The lowest BCUT2D eigenvalue weighted by molar-refractivity contribution is -0.135. The first-order valence-electron chi connectivity index (χ1n) is 7.97. The van der Waals surface area contributed by atoms with Gasteiger partial charge in [0.1, 0.15) is 0 Å². The van der Waals surface area contributed by atoms with E-state index in [2.05, 4.69) is 5.32 Å². The van der Waals surface area contributed by atoms with Gasteiger partial charge in [0.2, 0.25) is 5.91 Å². The van der Waals surface area contributed by atoms with Crippen molar-refractivity contribution in [2.75, 3.05) is 40.3 Å². The Hall–Kier alpha value is -1.30. The van der Waals surface area contributed by atoms with Gasteiger partial charge in [-0.15, -0.1) is 12.4 Å². The van der Waals surface area contributed by atoms with E-state index in [0.29, 0.717) is 30.2 Å². The lowest BCUT2D eigenvalue weighted by Gasteiger charge is -2.34. The van der Waals surface area contributed by atoms with E-state index in [1.54, 1.807) is 34.1 Å². The summed E-state index contributed by atoms with van der Waals surface area (Å²) in [5.41, 5.74) is 0.617. The molecule has 134 valence electrons. The van der Waals surface area contributed by atoms with Crippen LogP contribution in [0, 0.1) is 5.92 Å². The Labute approximate surface area is 154 Å². The number of hydrogen-bond acceptors (Lipinski definition) is 3. The molecule has 24 heavy (non-hydrogen) atoms. The van der Waals surface area contributed by atoms with Gasteiger partial charge in [-0.1, -0.05) is 11.6 Å². The van der Waals surface area contributed by atoms with E-state index in [9.17, 15) is 9.59 Å². The Morgan fingerprint density at radius 1 is 1.33 bits per heavy atom. The first-order valence-corrected chi connectivity index (χ1v) is 8.35. The van der Waals surface area contributed by atoms with E-state index >= 15 is 0 Å². The van der Waals surface area contributed by atoms with Gasteiger partial charge in [0.25, 0.3) is 5.91 Å². The van der Waals surface area contributed by atoms with Crippen molar-refractivity contribution in [1.82, 2.24) is 15.1 Å². The molecule has 7 heteroatoms. The van der Waals surface area contributed by atoms with Gasteiger partial charge in [0, 0.05) is 43.8 Å². The molecule has 0 aromatic heterocycles. The first kappa shape index (κ1) is 20.7. The van der Waals surface area contributed by atoms with Crippen LogP contribution in [0.4, 0.5) is 0 Å². The van der Waals surface area contributed by atoms with E-state index < -0.39 is 0 Å². The van der Waals surface area contributed by atoms with Crippen LogP contribution in [0.25, 0.3) is 0 Å². The van der Waals surface area contributed by atoms with E-state index in [-0.39, 0.29) is 30.1 Å². The normalized spacial score (nSPS) is 17.1. The molecule has 1 aromatic rings. The fourth-order valence-corrected chi connectivity index (χ4v) is 2.97. The van der Waals surface area contributed by atoms with Gasteiger partial charge in [-0.2, -0.15) is 0 Å². The molecule has 1 aliphatic rings. The largest absolute Gasteiger partial charge is 0.344 e. The second-order valence-electron chi connectivity index (χ2n) is 5.96. The SMILES string of the molecule is CNCCN(C)C(=O)C1CCCN(C(=O)c2ccc(Cl)cc2)C1.Cl. The van der Waals surface area contributed by atoms with Crippen molar-refractivity contribution in [3.05, 3.63) is 34.9 Å². The van der Waals surface area contributed by atoms with Crippen LogP contribution >= 0.6 is 24.0 Å². The predicted molar refractivity (Wildman–Crippen MR) is 98.9 cm³/mol. The van der Waals surface area contributed by atoms with Gasteiger partial charge in [-0.3, -0.25) is 9.59 Å². The number of likely N-dealkylation sites (tertiary alicyclic amines) is 1. The number of amides is 2. The Morgan fingerprint density at radius 2 is 2.00 bits per heavy atom. The minimum absolute atomic E-state index is 0. The Balaban J connectivity index is 0.00000288. The van der Waals surface area contributed by atoms with Crippen molar-refractivity contribution < 1.29 is 9.59 Å². The van der Waals surface area contributed by atoms with Gasteiger partial charge in [0.15, 0.2) is 0 Å². The molecule has 1 aromatic carbocycles. The topological polar surface area (TPSA) is 52.7 Å². The molecule has 1 fully saturated rings. The molecule has 0 aliphatic carbocycles. The number of nitrogens with one attached hydrogen (secondary N) is 1. The van der Waals surface area contributed by atoms with E-state index in [1.165, 1.54) is 0 Å². The van der Waals surface area contributed by atoms with Crippen molar-refractivity contribution >= 4 is 35.8 Å². The maximum atomic E-state index is 12.6. The molecule has 1 heterocycles. The molecule has 1 unspecified atom stereocenters. The molecule has 0 saturated carbocycles. The minimum atomic E-state index is -0.109. The summed E-state index contributed by atoms with van der Waals surface area (Å²) in [7, 11) is 3.69. The maximum Gasteiger partial charge on any atom is 0.253 e. The first-order chi connectivity index (χ1) is 11.0. The van der Waals surface area contributed by atoms with Crippen molar-refractivity contribution in [3.8, 4) is 0 Å². The zero-order valence-corrected chi connectivity index (χ0v) is 15.7. The highest BCUT2D eigenvalue weighted by atomic mass is 35.5. The van der Waals surface area contributed by atoms with Crippen molar-refractivity contribution in [2.24, 2.45) is 5.92 Å². The zero-order valence-electron chi connectivity index (χ0n) is 14.1. The highest BCUT2D eigenvalue weighted by Gasteiger charge is 2.30. The third kappa shape index (κ3) is 5.36. The Morgan fingerprint density at radius 3 is 2.62 bits per heavy atom. The number of carbonyl (C=O) groups excluding carboxylic acids is 2. The van der Waals surface area contributed by atoms with Crippen LogP contribution in [-0.4, -0.2) is 61.9 Å². The van der Waals surface area contributed by atoms with Gasteiger partial charge < -0.3 is 15.1 Å². The van der Waals surface area contributed by atoms with Crippen LogP contribution in [0.15, 0.2) is 24.3 Å². The number of halogens is 2. The molecular weight excluding hydrogens is 349 g/mol. The quantitative estimate of drug-likeness (QED) is 0.861. The summed E-state index contributed by atoms with van der Waals surface area (Å²) in [6.07, 6.45) is 1.70. The highest BCUT2D eigenvalue weighted by Crippen LogP contribution is 2.21. The molecule has 1 aliphatic heterocycles. The number of piperidine rings is 1. The number of carbonyl (C=O) groups is 2. The molecule has 1 saturated heterocycles. The smallest absolute Gasteiger partial charge is 0.253 e. The van der Waals surface area contributed by atoms with Gasteiger partial charge in [-0.05, 0) is 44.2 Å². The Kier molecular flexibility index (Phi) is 8.53. The van der Waals surface area contributed by atoms with Gasteiger partial charge in [0.05, 0.1) is 5.92 Å². The summed E-state index contributed by atoms with van der Waals surface area (Å²) >= 11 is 5.86. The monoisotopic (exact) mass is 373 g/mol. The van der Waals surface area contributed by atoms with Crippen LogP contribution in [0.2, 0.25) is 5.02 Å².